The zero-order valence-electron chi connectivity index (χ0n) is 7.25. The predicted octanol–water partition coefficient (Wildman–Crippen LogP) is 0.392. The topological polar surface area (TPSA) is 55.1 Å². The molecule has 0 aromatic heterocycles. The van der Waals surface area contributed by atoms with Gasteiger partial charge in [-0.15, -0.1) is 0 Å². The fraction of sp³-hybridized carbons (Fsp3) is 0.889. The van der Waals surface area contributed by atoms with Crippen LogP contribution in [0.2, 0.25) is 0 Å². The monoisotopic (exact) mass is 168 g/mol. The summed E-state index contributed by atoms with van der Waals surface area (Å²) >= 11 is 0. The molecule has 2 aliphatic rings. The van der Waals surface area contributed by atoms with E-state index in [0.29, 0.717) is 24.4 Å². The number of hydrogen-bond acceptors (Lipinski definition) is 2. The first kappa shape index (κ1) is 8.05. The van der Waals surface area contributed by atoms with E-state index in [1.54, 1.807) is 0 Å². The van der Waals surface area contributed by atoms with E-state index in [0.717, 1.165) is 19.3 Å². The van der Waals surface area contributed by atoms with Crippen molar-refractivity contribution in [2.45, 2.75) is 44.2 Å². The van der Waals surface area contributed by atoms with Gasteiger partial charge in [-0.05, 0) is 31.6 Å². The molecule has 0 aromatic rings. The predicted molar refractivity (Wildman–Crippen MR) is 46.5 cm³/mol. The second-order valence-corrected chi connectivity index (χ2v) is 3.97. The van der Waals surface area contributed by atoms with E-state index in [-0.39, 0.29) is 5.91 Å². The minimum atomic E-state index is 0.213. The summed E-state index contributed by atoms with van der Waals surface area (Å²) in [7, 11) is 0. The first-order chi connectivity index (χ1) is 5.77. The number of nitrogens with two attached hydrogens (primary N) is 1. The molecule has 1 heterocycles. The van der Waals surface area contributed by atoms with Crippen molar-refractivity contribution >= 4 is 5.91 Å². The highest BCUT2D eigenvalue weighted by atomic mass is 16.1. The van der Waals surface area contributed by atoms with E-state index >= 15 is 0 Å². The lowest BCUT2D eigenvalue weighted by molar-refractivity contribution is -0.125. The number of rotatable bonds is 0. The summed E-state index contributed by atoms with van der Waals surface area (Å²) in [5.41, 5.74) is 5.98. The Labute approximate surface area is 72.7 Å². The Balaban J connectivity index is 2.04. The lowest BCUT2D eigenvalue weighted by atomic mass is 9.76. The van der Waals surface area contributed by atoms with E-state index in [1.807, 2.05) is 0 Å². The summed E-state index contributed by atoms with van der Waals surface area (Å²) in [5.74, 6) is 0.766. The van der Waals surface area contributed by atoms with Gasteiger partial charge in [-0.1, -0.05) is 0 Å². The number of carbonyl (C=O) groups is 1. The van der Waals surface area contributed by atoms with Gasteiger partial charge in [0.25, 0.3) is 0 Å². The first-order valence-electron chi connectivity index (χ1n) is 4.82. The summed E-state index contributed by atoms with van der Waals surface area (Å²) in [6.45, 7) is 0. The van der Waals surface area contributed by atoms with Crippen LogP contribution in [0.15, 0.2) is 0 Å². The standard InChI is InChI=1S/C9H16N2O/c10-7-2-1-3-8-6(7)4-5-9(12)11-8/h6-8H,1-5,10H2,(H,11,12)/t6-,7-,8-/m0/s1. The highest BCUT2D eigenvalue weighted by Gasteiger charge is 2.35. The van der Waals surface area contributed by atoms with Crippen molar-refractivity contribution < 1.29 is 4.79 Å². The van der Waals surface area contributed by atoms with Crippen LogP contribution in [-0.2, 0) is 4.79 Å². The number of nitrogens with one attached hydrogen (secondary N) is 1. The molecule has 1 amide bonds. The van der Waals surface area contributed by atoms with Crippen LogP contribution in [0.3, 0.4) is 0 Å². The SMILES string of the molecule is N[C@H]1CCC[C@@H]2NC(=O)CC[C@H]21. The highest BCUT2D eigenvalue weighted by molar-refractivity contribution is 5.77. The Bertz CT molecular complexity index is 193. The van der Waals surface area contributed by atoms with E-state index in [2.05, 4.69) is 5.32 Å². The van der Waals surface area contributed by atoms with Gasteiger partial charge >= 0.3 is 0 Å². The van der Waals surface area contributed by atoms with E-state index < -0.39 is 0 Å². The third-order valence-corrected chi connectivity index (χ3v) is 3.17. The maximum Gasteiger partial charge on any atom is 0.220 e. The zero-order valence-corrected chi connectivity index (χ0v) is 7.25. The molecule has 3 heteroatoms. The number of hydrogen-bond donors (Lipinski definition) is 2. The van der Waals surface area contributed by atoms with Gasteiger partial charge in [-0.3, -0.25) is 4.79 Å². The second kappa shape index (κ2) is 3.05. The Hall–Kier alpha value is -0.570. The van der Waals surface area contributed by atoms with Crippen molar-refractivity contribution in [2.24, 2.45) is 11.7 Å². The van der Waals surface area contributed by atoms with Gasteiger partial charge in [-0.25, -0.2) is 0 Å². The van der Waals surface area contributed by atoms with Crippen LogP contribution in [0.1, 0.15) is 32.1 Å². The van der Waals surface area contributed by atoms with Gasteiger partial charge in [-0.2, -0.15) is 0 Å². The molecule has 0 aromatic carbocycles. The minimum Gasteiger partial charge on any atom is -0.353 e. The van der Waals surface area contributed by atoms with Crippen molar-refractivity contribution in [1.29, 1.82) is 0 Å². The maximum absolute atomic E-state index is 11.1. The molecule has 0 unspecified atom stereocenters. The van der Waals surface area contributed by atoms with Crippen LogP contribution in [-0.4, -0.2) is 18.0 Å². The van der Waals surface area contributed by atoms with Crippen LogP contribution < -0.4 is 11.1 Å². The average Bonchev–Trinajstić information content (AvgIpc) is 2.04. The molecule has 12 heavy (non-hydrogen) atoms. The van der Waals surface area contributed by atoms with Crippen LogP contribution in [0.5, 0.6) is 0 Å². The van der Waals surface area contributed by atoms with Crippen LogP contribution in [0, 0.1) is 5.92 Å². The third kappa shape index (κ3) is 1.33. The van der Waals surface area contributed by atoms with Gasteiger partial charge in [0.05, 0.1) is 0 Å². The summed E-state index contributed by atoms with van der Waals surface area (Å²) in [4.78, 5) is 11.1. The fourth-order valence-corrected chi connectivity index (χ4v) is 2.47. The van der Waals surface area contributed by atoms with Gasteiger partial charge < -0.3 is 11.1 Å². The lowest BCUT2D eigenvalue weighted by Crippen LogP contribution is -2.53. The molecule has 1 saturated heterocycles. The lowest BCUT2D eigenvalue weighted by Gasteiger charge is -2.39. The highest BCUT2D eigenvalue weighted by Crippen LogP contribution is 2.29. The molecule has 3 N–H and O–H groups in total. The van der Waals surface area contributed by atoms with Crippen molar-refractivity contribution in [3.05, 3.63) is 0 Å². The Morgan fingerprint density at radius 1 is 1.33 bits per heavy atom. The van der Waals surface area contributed by atoms with Crippen molar-refractivity contribution in [3.8, 4) is 0 Å². The summed E-state index contributed by atoms with van der Waals surface area (Å²) in [6, 6.07) is 0.708. The van der Waals surface area contributed by atoms with Crippen molar-refractivity contribution in [1.82, 2.24) is 5.32 Å². The number of fused-ring (bicyclic) bond motifs is 1. The molecule has 1 saturated carbocycles. The molecule has 2 rings (SSSR count). The van der Waals surface area contributed by atoms with Crippen LogP contribution >= 0.6 is 0 Å². The smallest absolute Gasteiger partial charge is 0.220 e. The van der Waals surface area contributed by atoms with Crippen molar-refractivity contribution in [3.63, 3.8) is 0 Å². The summed E-state index contributed by atoms with van der Waals surface area (Å²) in [5, 5.41) is 3.03. The first-order valence-corrected chi connectivity index (χ1v) is 4.82. The minimum absolute atomic E-state index is 0.213. The Morgan fingerprint density at radius 2 is 2.17 bits per heavy atom. The number of piperidine rings is 1. The maximum atomic E-state index is 11.1. The molecule has 3 atom stereocenters. The van der Waals surface area contributed by atoms with Gasteiger partial charge in [0, 0.05) is 18.5 Å². The molecule has 1 aliphatic heterocycles. The van der Waals surface area contributed by atoms with Crippen LogP contribution in [0.25, 0.3) is 0 Å². The van der Waals surface area contributed by atoms with Crippen molar-refractivity contribution in [2.75, 3.05) is 0 Å². The third-order valence-electron chi connectivity index (χ3n) is 3.17. The van der Waals surface area contributed by atoms with Gasteiger partial charge in [0.15, 0.2) is 0 Å². The molecule has 0 bridgehead atoms. The fourth-order valence-electron chi connectivity index (χ4n) is 2.47. The molecule has 2 fully saturated rings. The number of carbonyl (C=O) groups excluding carboxylic acids is 1. The quantitative estimate of drug-likeness (QED) is 0.550. The molecule has 1 aliphatic carbocycles. The second-order valence-electron chi connectivity index (χ2n) is 3.97. The summed E-state index contributed by atoms with van der Waals surface area (Å²) in [6.07, 6.45) is 5.11. The molecule has 0 radical (unpaired) electrons. The van der Waals surface area contributed by atoms with Crippen LogP contribution in [0.4, 0.5) is 0 Å². The molecular formula is C9H16N2O. The molecule has 3 nitrogen and oxygen atoms in total. The van der Waals surface area contributed by atoms with Gasteiger partial charge in [0.2, 0.25) is 5.91 Å². The Morgan fingerprint density at radius 3 is 3.00 bits per heavy atom. The van der Waals surface area contributed by atoms with E-state index in [1.165, 1.54) is 6.42 Å². The van der Waals surface area contributed by atoms with Gasteiger partial charge in [0.1, 0.15) is 0 Å². The zero-order chi connectivity index (χ0) is 8.55. The molecular weight excluding hydrogens is 152 g/mol. The van der Waals surface area contributed by atoms with E-state index in [4.69, 9.17) is 5.73 Å². The molecule has 68 valence electrons. The Kier molecular flexibility index (Phi) is 2.05. The summed E-state index contributed by atoms with van der Waals surface area (Å²) < 4.78 is 0. The average molecular weight is 168 g/mol. The van der Waals surface area contributed by atoms with E-state index in [9.17, 15) is 4.79 Å². The molecule has 0 spiro atoms. The number of amides is 1. The normalized spacial score (nSPS) is 41.8. The largest absolute Gasteiger partial charge is 0.353 e.